The van der Waals surface area contributed by atoms with Gasteiger partial charge >= 0.3 is 0 Å². The van der Waals surface area contributed by atoms with Crippen LogP contribution in [0.5, 0.6) is 0 Å². The predicted molar refractivity (Wildman–Crippen MR) is 83.9 cm³/mol. The molecule has 0 bridgehead atoms. The van der Waals surface area contributed by atoms with Gasteiger partial charge in [0.15, 0.2) is 0 Å². The third-order valence-electron chi connectivity index (χ3n) is 4.03. The Kier molecular flexibility index (Phi) is 6.89. The highest BCUT2D eigenvalue weighted by Crippen LogP contribution is 2.24. The fourth-order valence-corrected chi connectivity index (χ4v) is 2.55. The summed E-state index contributed by atoms with van der Waals surface area (Å²) in [7, 11) is 0. The van der Waals surface area contributed by atoms with Crippen molar-refractivity contribution in [3.8, 4) is 0 Å². The lowest BCUT2D eigenvalue weighted by Gasteiger charge is -2.24. The summed E-state index contributed by atoms with van der Waals surface area (Å²) < 4.78 is 7.69. The molecule has 1 aromatic heterocycles. The fourth-order valence-electron chi connectivity index (χ4n) is 2.55. The van der Waals surface area contributed by atoms with E-state index >= 15 is 0 Å². The first-order chi connectivity index (χ1) is 10.3. The third kappa shape index (κ3) is 5.59. The van der Waals surface area contributed by atoms with E-state index in [0.717, 1.165) is 50.7 Å². The van der Waals surface area contributed by atoms with Crippen molar-refractivity contribution in [1.29, 1.82) is 0 Å². The summed E-state index contributed by atoms with van der Waals surface area (Å²) in [6.45, 7) is 8.61. The third-order valence-corrected chi connectivity index (χ3v) is 4.03. The highest BCUT2D eigenvalue weighted by Gasteiger charge is 2.18. The van der Waals surface area contributed by atoms with Crippen molar-refractivity contribution >= 4 is 0 Å². The molecule has 1 aliphatic carbocycles. The molecule has 0 spiro atoms. The first-order valence-corrected chi connectivity index (χ1v) is 8.12. The average Bonchev–Trinajstić information content (AvgIpc) is 2.93. The molecule has 1 aliphatic rings. The zero-order chi connectivity index (χ0) is 14.9. The molecule has 21 heavy (non-hydrogen) atoms. The number of ether oxygens (including phenoxy) is 1. The molecule has 0 saturated carbocycles. The van der Waals surface area contributed by atoms with Gasteiger partial charge in [-0.05, 0) is 37.6 Å². The van der Waals surface area contributed by atoms with Crippen LogP contribution in [0.25, 0.3) is 0 Å². The molecule has 2 rings (SSSR count). The molecule has 0 saturated heterocycles. The molecular weight excluding hydrogens is 264 g/mol. The van der Waals surface area contributed by atoms with Gasteiger partial charge in [-0.15, -0.1) is 5.10 Å². The average molecular weight is 292 g/mol. The maximum absolute atomic E-state index is 5.82. The first-order valence-electron chi connectivity index (χ1n) is 8.12. The van der Waals surface area contributed by atoms with Gasteiger partial charge in [-0.1, -0.05) is 31.2 Å². The minimum Gasteiger partial charge on any atom is -0.379 e. The molecule has 2 atom stereocenters. The van der Waals surface area contributed by atoms with Gasteiger partial charge in [-0.3, -0.25) is 0 Å². The zero-order valence-electron chi connectivity index (χ0n) is 13.3. The fraction of sp³-hybridized carbons (Fsp3) is 0.750. The van der Waals surface area contributed by atoms with Crippen LogP contribution in [0.2, 0.25) is 0 Å². The Hall–Kier alpha value is -1.20. The lowest BCUT2D eigenvalue weighted by molar-refractivity contribution is 0.0722. The number of allylic oxidation sites excluding steroid dienone is 2. The van der Waals surface area contributed by atoms with Crippen molar-refractivity contribution in [2.24, 2.45) is 11.8 Å². The first kappa shape index (κ1) is 16.2. The van der Waals surface area contributed by atoms with E-state index in [2.05, 4.69) is 41.6 Å². The second-order valence-corrected chi connectivity index (χ2v) is 5.90. The van der Waals surface area contributed by atoms with Crippen LogP contribution in [-0.4, -0.2) is 34.8 Å². The van der Waals surface area contributed by atoms with Gasteiger partial charge in [0, 0.05) is 12.7 Å². The highest BCUT2D eigenvalue weighted by molar-refractivity contribution is 4.93. The standard InChI is InChI=1S/C16H28N4O/c1-3-8-17-11-16-12-20(19-18-16)9-10-21-13-15-7-5-4-6-14(15)2/h4-5,12,14-15,17H,3,6-11,13H2,1-2H3. The maximum atomic E-state index is 5.82. The summed E-state index contributed by atoms with van der Waals surface area (Å²) in [4.78, 5) is 0. The Morgan fingerprint density at radius 3 is 3.05 bits per heavy atom. The zero-order valence-corrected chi connectivity index (χ0v) is 13.3. The Balaban J connectivity index is 1.61. The number of hydrogen-bond donors (Lipinski definition) is 1. The number of rotatable bonds is 9. The van der Waals surface area contributed by atoms with Gasteiger partial charge in [0.05, 0.1) is 25.5 Å². The number of nitrogens with zero attached hydrogens (tertiary/aromatic N) is 3. The van der Waals surface area contributed by atoms with Crippen LogP contribution in [0.4, 0.5) is 0 Å². The van der Waals surface area contributed by atoms with E-state index in [1.165, 1.54) is 6.42 Å². The van der Waals surface area contributed by atoms with Crippen LogP contribution in [0, 0.1) is 11.8 Å². The van der Waals surface area contributed by atoms with Crippen molar-refractivity contribution in [1.82, 2.24) is 20.3 Å². The summed E-state index contributed by atoms with van der Waals surface area (Å²) in [6.07, 6.45) is 10.0. The van der Waals surface area contributed by atoms with Gasteiger partial charge in [0.1, 0.15) is 0 Å². The highest BCUT2D eigenvalue weighted by atomic mass is 16.5. The van der Waals surface area contributed by atoms with Crippen molar-refractivity contribution in [3.63, 3.8) is 0 Å². The molecule has 1 heterocycles. The number of aromatic nitrogens is 3. The molecule has 0 aromatic carbocycles. The van der Waals surface area contributed by atoms with Gasteiger partial charge < -0.3 is 10.1 Å². The Morgan fingerprint density at radius 2 is 2.24 bits per heavy atom. The van der Waals surface area contributed by atoms with E-state index < -0.39 is 0 Å². The van der Waals surface area contributed by atoms with Crippen LogP contribution < -0.4 is 5.32 Å². The van der Waals surface area contributed by atoms with Gasteiger partial charge in [0.25, 0.3) is 0 Å². The molecule has 5 nitrogen and oxygen atoms in total. The van der Waals surface area contributed by atoms with Gasteiger partial charge in [0.2, 0.25) is 0 Å². The number of nitrogens with one attached hydrogen (secondary N) is 1. The molecule has 1 aromatic rings. The molecule has 5 heteroatoms. The monoisotopic (exact) mass is 292 g/mol. The number of hydrogen-bond acceptors (Lipinski definition) is 4. The van der Waals surface area contributed by atoms with Gasteiger partial charge in [-0.25, -0.2) is 4.68 Å². The Bertz CT molecular complexity index is 430. The van der Waals surface area contributed by atoms with E-state index in [1.54, 1.807) is 0 Å². The molecular formula is C16H28N4O. The van der Waals surface area contributed by atoms with Crippen LogP contribution >= 0.6 is 0 Å². The maximum Gasteiger partial charge on any atom is 0.0964 e. The molecule has 0 amide bonds. The summed E-state index contributed by atoms with van der Waals surface area (Å²) in [5.41, 5.74) is 0.995. The second-order valence-electron chi connectivity index (χ2n) is 5.90. The normalized spacial score (nSPS) is 21.8. The van der Waals surface area contributed by atoms with E-state index in [9.17, 15) is 0 Å². The van der Waals surface area contributed by atoms with Crippen molar-refractivity contribution in [2.45, 2.75) is 46.2 Å². The van der Waals surface area contributed by atoms with E-state index in [4.69, 9.17) is 4.74 Å². The van der Waals surface area contributed by atoms with Crippen LogP contribution in [0.1, 0.15) is 38.8 Å². The van der Waals surface area contributed by atoms with Crippen LogP contribution in [0.3, 0.4) is 0 Å². The lowest BCUT2D eigenvalue weighted by atomic mass is 9.85. The Labute approximate surface area is 127 Å². The predicted octanol–water partition coefficient (Wildman–Crippen LogP) is 2.40. The molecule has 0 radical (unpaired) electrons. The minimum absolute atomic E-state index is 0.666. The minimum atomic E-state index is 0.666. The summed E-state index contributed by atoms with van der Waals surface area (Å²) in [5.74, 6) is 1.40. The van der Waals surface area contributed by atoms with Gasteiger partial charge in [-0.2, -0.15) is 0 Å². The molecule has 118 valence electrons. The molecule has 2 unspecified atom stereocenters. The summed E-state index contributed by atoms with van der Waals surface area (Å²) in [5, 5.41) is 11.6. The second kappa shape index (κ2) is 8.95. The molecule has 0 fully saturated rings. The van der Waals surface area contributed by atoms with Crippen molar-refractivity contribution in [2.75, 3.05) is 19.8 Å². The summed E-state index contributed by atoms with van der Waals surface area (Å²) >= 11 is 0. The van der Waals surface area contributed by atoms with Crippen molar-refractivity contribution < 1.29 is 4.74 Å². The van der Waals surface area contributed by atoms with E-state index in [-0.39, 0.29) is 0 Å². The SMILES string of the molecule is CCCNCc1cn(CCOCC2CC=CCC2C)nn1. The Morgan fingerprint density at radius 1 is 1.38 bits per heavy atom. The molecule has 0 aliphatic heterocycles. The van der Waals surface area contributed by atoms with E-state index in [0.29, 0.717) is 12.5 Å². The largest absolute Gasteiger partial charge is 0.379 e. The lowest BCUT2D eigenvalue weighted by Crippen LogP contribution is -2.20. The van der Waals surface area contributed by atoms with Crippen molar-refractivity contribution in [3.05, 3.63) is 24.0 Å². The van der Waals surface area contributed by atoms with Crippen LogP contribution in [0.15, 0.2) is 18.3 Å². The quantitative estimate of drug-likeness (QED) is 0.561. The van der Waals surface area contributed by atoms with E-state index in [1.807, 2.05) is 10.9 Å². The molecule has 1 N–H and O–H groups in total. The van der Waals surface area contributed by atoms with Crippen LogP contribution in [-0.2, 0) is 17.8 Å². The smallest absolute Gasteiger partial charge is 0.0964 e. The summed E-state index contributed by atoms with van der Waals surface area (Å²) in [6, 6.07) is 0. The topological polar surface area (TPSA) is 52.0 Å².